The summed E-state index contributed by atoms with van der Waals surface area (Å²) in [6.07, 6.45) is 3.53. The number of hydrogen-bond donors (Lipinski definition) is 1. The molecular weight excluding hydrogens is 314 g/mol. The van der Waals surface area contributed by atoms with Gasteiger partial charge in [-0.2, -0.15) is 0 Å². The highest BCUT2D eigenvalue weighted by Gasteiger charge is 2.23. The largest absolute Gasteiger partial charge is 0.480 e. The van der Waals surface area contributed by atoms with E-state index in [1.807, 2.05) is 7.05 Å². The van der Waals surface area contributed by atoms with Gasteiger partial charge in [-0.25, -0.2) is 4.98 Å². The molecule has 0 amide bonds. The Labute approximate surface area is 142 Å². The molecule has 0 aliphatic carbocycles. The number of aromatic nitrogens is 1. The van der Waals surface area contributed by atoms with Crippen LogP contribution in [0, 0.1) is 0 Å². The smallest absolute Gasteiger partial charge is 0.317 e. The number of unbranched alkanes of at least 4 members (excludes halogenated alkanes) is 1. The molecule has 1 unspecified atom stereocenters. The van der Waals surface area contributed by atoms with Crippen LogP contribution >= 0.6 is 11.3 Å². The molecular formula is C16H27N3O3S. The normalized spacial score (nSPS) is 19.3. The number of morpholine rings is 1. The lowest BCUT2D eigenvalue weighted by Gasteiger charge is -2.34. The number of likely N-dealkylation sites (N-methyl/N-ethyl adjacent to an activating group) is 1. The summed E-state index contributed by atoms with van der Waals surface area (Å²) in [7, 11) is 1.82. The number of aliphatic carboxylic acids is 1. The average Bonchev–Trinajstić information content (AvgIpc) is 2.92. The topological polar surface area (TPSA) is 65.9 Å². The van der Waals surface area contributed by atoms with Gasteiger partial charge in [0.25, 0.3) is 0 Å². The minimum absolute atomic E-state index is 0.0483. The molecule has 23 heavy (non-hydrogen) atoms. The van der Waals surface area contributed by atoms with Crippen molar-refractivity contribution in [3.8, 4) is 0 Å². The molecule has 130 valence electrons. The van der Waals surface area contributed by atoms with Gasteiger partial charge in [-0.15, -0.1) is 11.3 Å². The predicted octanol–water partition coefficient (Wildman–Crippen LogP) is 1.70. The Kier molecular flexibility index (Phi) is 7.42. The van der Waals surface area contributed by atoms with Crippen LogP contribution in [0.5, 0.6) is 0 Å². The van der Waals surface area contributed by atoms with Crippen LogP contribution in [0.4, 0.5) is 0 Å². The van der Waals surface area contributed by atoms with Gasteiger partial charge >= 0.3 is 5.97 Å². The van der Waals surface area contributed by atoms with Gasteiger partial charge in [0.15, 0.2) is 0 Å². The van der Waals surface area contributed by atoms with Crippen molar-refractivity contribution >= 4 is 17.3 Å². The molecule has 1 N–H and O–H groups in total. The summed E-state index contributed by atoms with van der Waals surface area (Å²) in [6, 6.07) is 0. The van der Waals surface area contributed by atoms with Gasteiger partial charge in [0.1, 0.15) is 0 Å². The highest BCUT2D eigenvalue weighted by Crippen LogP contribution is 2.16. The van der Waals surface area contributed by atoms with Crippen LogP contribution in [0.1, 0.15) is 30.5 Å². The maximum absolute atomic E-state index is 10.7. The molecule has 2 heterocycles. The SMILES string of the molecule is CCCCc1nc(CN2CCOC(CN(C)CC(=O)O)C2)cs1. The second-order valence-corrected chi connectivity index (χ2v) is 7.10. The Morgan fingerprint density at radius 1 is 1.61 bits per heavy atom. The summed E-state index contributed by atoms with van der Waals surface area (Å²) in [5.41, 5.74) is 1.14. The van der Waals surface area contributed by atoms with Crippen LogP contribution in [-0.2, 0) is 22.5 Å². The van der Waals surface area contributed by atoms with E-state index in [1.54, 1.807) is 16.2 Å². The quantitative estimate of drug-likeness (QED) is 0.737. The van der Waals surface area contributed by atoms with Crippen molar-refractivity contribution in [2.45, 2.75) is 38.8 Å². The third-order valence-corrected chi connectivity index (χ3v) is 4.83. The first-order valence-electron chi connectivity index (χ1n) is 8.24. The number of ether oxygens (including phenoxy) is 1. The molecule has 0 spiro atoms. The molecule has 1 atom stereocenters. The van der Waals surface area contributed by atoms with Gasteiger partial charge in [0.05, 0.1) is 30.0 Å². The third kappa shape index (κ3) is 6.55. The molecule has 1 aliphatic rings. The molecule has 1 saturated heterocycles. The van der Waals surface area contributed by atoms with Crippen molar-refractivity contribution in [1.82, 2.24) is 14.8 Å². The first-order valence-corrected chi connectivity index (χ1v) is 9.12. The monoisotopic (exact) mass is 341 g/mol. The number of nitrogens with zero attached hydrogens (tertiary/aromatic N) is 3. The van der Waals surface area contributed by atoms with Crippen molar-refractivity contribution in [3.63, 3.8) is 0 Å². The lowest BCUT2D eigenvalue weighted by atomic mass is 10.2. The van der Waals surface area contributed by atoms with Crippen LogP contribution in [0.15, 0.2) is 5.38 Å². The minimum Gasteiger partial charge on any atom is -0.480 e. The Balaban J connectivity index is 1.79. The highest BCUT2D eigenvalue weighted by molar-refractivity contribution is 7.09. The van der Waals surface area contributed by atoms with Crippen LogP contribution in [-0.4, -0.2) is 71.8 Å². The summed E-state index contributed by atoms with van der Waals surface area (Å²) in [6.45, 7) is 6.16. The predicted molar refractivity (Wildman–Crippen MR) is 90.9 cm³/mol. The molecule has 6 nitrogen and oxygen atoms in total. The fraction of sp³-hybridized carbons (Fsp3) is 0.750. The van der Waals surface area contributed by atoms with E-state index in [1.165, 1.54) is 17.8 Å². The van der Waals surface area contributed by atoms with E-state index >= 15 is 0 Å². The van der Waals surface area contributed by atoms with Crippen molar-refractivity contribution in [1.29, 1.82) is 0 Å². The summed E-state index contributed by atoms with van der Waals surface area (Å²) < 4.78 is 5.76. The lowest BCUT2D eigenvalue weighted by Crippen LogP contribution is -2.47. The van der Waals surface area contributed by atoms with Crippen LogP contribution < -0.4 is 0 Å². The summed E-state index contributed by atoms with van der Waals surface area (Å²) in [4.78, 5) is 19.6. The molecule has 7 heteroatoms. The summed E-state index contributed by atoms with van der Waals surface area (Å²) in [5.74, 6) is -0.803. The molecule has 0 saturated carbocycles. The number of hydrogen-bond acceptors (Lipinski definition) is 6. The van der Waals surface area contributed by atoms with E-state index in [2.05, 4.69) is 17.2 Å². The Hall–Kier alpha value is -1.02. The zero-order valence-corrected chi connectivity index (χ0v) is 14.8. The van der Waals surface area contributed by atoms with Crippen LogP contribution in [0.3, 0.4) is 0 Å². The summed E-state index contributed by atoms with van der Waals surface area (Å²) >= 11 is 1.75. The first-order chi connectivity index (χ1) is 11.1. The van der Waals surface area contributed by atoms with E-state index in [-0.39, 0.29) is 12.6 Å². The van der Waals surface area contributed by atoms with Gasteiger partial charge in [0, 0.05) is 31.6 Å². The molecule has 0 radical (unpaired) electrons. The molecule has 0 aromatic carbocycles. The van der Waals surface area contributed by atoms with Crippen LogP contribution in [0.2, 0.25) is 0 Å². The summed E-state index contributed by atoms with van der Waals surface area (Å²) in [5, 5.41) is 12.2. The fourth-order valence-electron chi connectivity index (χ4n) is 2.77. The lowest BCUT2D eigenvalue weighted by molar-refractivity contribution is -0.138. The van der Waals surface area contributed by atoms with Gasteiger partial charge < -0.3 is 9.84 Å². The number of carbonyl (C=O) groups is 1. The second-order valence-electron chi connectivity index (χ2n) is 6.15. The van der Waals surface area contributed by atoms with Gasteiger partial charge in [-0.05, 0) is 19.9 Å². The second kappa shape index (κ2) is 9.32. The van der Waals surface area contributed by atoms with Gasteiger partial charge in [-0.3, -0.25) is 14.6 Å². The minimum atomic E-state index is -0.803. The molecule has 1 aromatic rings. The number of rotatable bonds is 9. The standard InChI is InChI=1S/C16H27N3O3S/c1-3-4-5-15-17-13(12-23-15)8-19-6-7-22-14(10-19)9-18(2)11-16(20)21/h12,14H,3-11H2,1-2H3,(H,20,21). The third-order valence-electron chi connectivity index (χ3n) is 3.87. The number of carboxylic acids is 1. The number of carboxylic acid groups (broad SMARTS) is 1. The highest BCUT2D eigenvalue weighted by atomic mass is 32.1. The Bertz CT molecular complexity index is 495. The molecule has 2 rings (SSSR count). The van der Waals surface area contributed by atoms with E-state index in [0.717, 1.165) is 31.7 Å². The Morgan fingerprint density at radius 2 is 2.43 bits per heavy atom. The average molecular weight is 341 g/mol. The zero-order chi connectivity index (χ0) is 16.7. The maximum Gasteiger partial charge on any atom is 0.317 e. The van der Waals surface area contributed by atoms with E-state index < -0.39 is 5.97 Å². The van der Waals surface area contributed by atoms with Crippen molar-refractivity contribution in [2.24, 2.45) is 0 Å². The maximum atomic E-state index is 10.7. The molecule has 1 aromatic heterocycles. The van der Waals surface area contributed by atoms with Gasteiger partial charge in [0.2, 0.25) is 0 Å². The molecule has 1 aliphatic heterocycles. The van der Waals surface area contributed by atoms with E-state index in [0.29, 0.717) is 13.2 Å². The number of thiazole rings is 1. The number of aryl methyl sites for hydroxylation is 1. The Morgan fingerprint density at radius 3 is 3.17 bits per heavy atom. The van der Waals surface area contributed by atoms with Crippen LogP contribution in [0.25, 0.3) is 0 Å². The van der Waals surface area contributed by atoms with Crippen molar-refractivity contribution in [3.05, 3.63) is 16.1 Å². The molecule has 0 bridgehead atoms. The fourth-order valence-corrected chi connectivity index (χ4v) is 3.60. The first kappa shape index (κ1) is 18.3. The van der Waals surface area contributed by atoms with E-state index in [9.17, 15) is 4.79 Å². The van der Waals surface area contributed by atoms with Gasteiger partial charge in [-0.1, -0.05) is 13.3 Å². The van der Waals surface area contributed by atoms with Crippen molar-refractivity contribution < 1.29 is 14.6 Å². The zero-order valence-electron chi connectivity index (χ0n) is 14.0. The molecule has 1 fully saturated rings. The van der Waals surface area contributed by atoms with Crippen molar-refractivity contribution in [2.75, 3.05) is 39.8 Å². The van der Waals surface area contributed by atoms with E-state index in [4.69, 9.17) is 14.8 Å².